The summed E-state index contributed by atoms with van der Waals surface area (Å²) in [6.45, 7) is 2.50. The normalized spacial score (nSPS) is 16.8. The van der Waals surface area contributed by atoms with Crippen LogP contribution in [0.4, 0.5) is 5.00 Å². The highest BCUT2D eigenvalue weighted by Gasteiger charge is 2.34. The van der Waals surface area contributed by atoms with Gasteiger partial charge in [0.1, 0.15) is 0 Å². The number of anilines is 1. The Morgan fingerprint density at radius 3 is 3.08 bits per heavy atom. The van der Waals surface area contributed by atoms with E-state index in [-0.39, 0.29) is 23.6 Å². The fourth-order valence-corrected chi connectivity index (χ4v) is 4.08. The standard InChI is InChI=1S/C16H16N6O3S/c1-9-8-12(17-15(23)11-5-3-7-25-11)26-13(9)16(24)22-6-2-4-10(22)14-18-20-21-19-14/h3,5,7-8,10H,2,4,6H2,1H3,(H,17,23)(H,18,19,20,21). The first-order chi connectivity index (χ1) is 12.6. The Morgan fingerprint density at radius 1 is 1.46 bits per heavy atom. The SMILES string of the molecule is Cc1cc(NC(=O)c2ccco2)sc1C(=O)N1CCCC1c1nn[nH]n1. The van der Waals surface area contributed by atoms with E-state index in [0.29, 0.717) is 22.2 Å². The summed E-state index contributed by atoms with van der Waals surface area (Å²) in [6, 6.07) is 4.85. The summed E-state index contributed by atoms with van der Waals surface area (Å²) in [6.07, 6.45) is 3.13. The van der Waals surface area contributed by atoms with E-state index in [1.165, 1.54) is 17.6 Å². The summed E-state index contributed by atoms with van der Waals surface area (Å²) >= 11 is 1.25. The molecule has 134 valence electrons. The van der Waals surface area contributed by atoms with Crippen molar-refractivity contribution in [2.75, 3.05) is 11.9 Å². The summed E-state index contributed by atoms with van der Waals surface area (Å²) in [7, 11) is 0. The molecular formula is C16H16N6O3S. The first-order valence-corrected chi connectivity index (χ1v) is 8.94. The monoisotopic (exact) mass is 372 g/mol. The molecule has 0 spiro atoms. The molecule has 1 aliphatic rings. The van der Waals surface area contributed by atoms with Gasteiger partial charge in [0.2, 0.25) is 0 Å². The predicted octanol–water partition coefficient (Wildman–Crippen LogP) is 2.39. The van der Waals surface area contributed by atoms with Gasteiger partial charge in [0.05, 0.1) is 22.2 Å². The van der Waals surface area contributed by atoms with Crippen LogP contribution in [0.2, 0.25) is 0 Å². The Hall–Kier alpha value is -3.01. The van der Waals surface area contributed by atoms with Crippen molar-refractivity contribution >= 4 is 28.2 Å². The van der Waals surface area contributed by atoms with E-state index in [0.717, 1.165) is 18.4 Å². The molecule has 2 amide bonds. The van der Waals surface area contributed by atoms with E-state index in [4.69, 9.17) is 4.42 Å². The summed E-state index contributed by atoms with van der Waals surface area (Å²) in [4.78, 5) is 27.5. The minimum absolute atomic E-state index is 0.0849. The molecule has 0 radical (unpaired) electrons. The van der Waals surface area contributed by atoms with Crippen molar-refractivity contribution in [1.82, 2.24) is 25.5 Å². The molecule has 4 heterocycles. The van der Waals surface area contributed by atoms with Gasteiger partial charge in [-0.3, -0.25) is 9.59 Å². The molecule has 0 aliphatic carbocycles. The highest BCUT2D eigenvalue weighted by Crippen LogP contribution is 2.34. The first-order valence-electron chi connectivity index (χ1n) is 8.13. The number of furan rings is 1. The van der Waals surface area contributed by atoms with Gasteiger partial charge in [-0.15, -0.1) is 21.5 Å². The number of nitrogens with zero attached hydrogens (tertiary/aromatic N) is 4. The van der Waals surface area contributed by atoms with Crippen LogP contribution >= 0.6 is 11.3 Å². The number of rotatable bonds is 4. The molecule has 3 aromatic heterocycles. The lowest BCUT2D eigenvalue weighted by Crippen LogP contribution is -2.31. The molecule has 1 atom stereocenters. The van der Waals surface area contributed by atoms with Gasteiger partial charge in [0.15, 0.2) is 11.6 Å². The zero-order chi connectivity index (χ0) is 18.1. The Morgan fingerprint density at radius 2 is 2.35 bits per heavy atom. The molecule has 10 heteroatoms. The quantitative estimate of drug-likeness (QED) is 0.726. The number of H-pyrrole nitrogens is 1. The van der Waals surface area contributed by atoms with Gasteiger partial charge < -0.3 is 14.6 Å². The van der Waals surface area contributed by atoms with Crippen LogP contribution in [0, 0.1) is 6.92 Å². The van der Waals surface area contributed by atoms with Gasteiger partial charge in [-0.1, -0.05) is 5.21 Å². The van der Waals surface area contributed by atoms with Crippen LogP contribution in [0.15, 0.2) is 28.9 Å². The predicted molar refractivity (Wildman–Crippen MR) is 92.9 cm³/mol. The Labute approximate surface area is 152 Å². The maximum absolute atomic E-state index is 13.0. The zero-order valence-corrected chi connectivity index (χ0v) is 14.7. The number of amides is 2. The lowest BCUT2D eigenvalue weighted by Gasteiger charge is -2.21. The van der Waals surface area contributed by atoms with Crippen molar-refractivity contribution in [2.45, 2.75) is 25.8 Å². The van der Waals surface area contributed by atoms with Gasteiger partial charge in [-0.25, -0.2) is 0 Å². The number of carbonyl (C=O) groups is 2. The second-order valence-corrected chi connectivity index (χ2v) is 7.03. The molecule has 4 rings (SSSR count). The molecule has 1 aliphatic heterocycles. The van der Waals surface area contributed by atoms with E-state index in [1.807, 2.05) is 6.92 Å². The van der Waals surface area contributed by atoms with Crippen molar-refractivity contribution in [3.63, 3.8) is 0 Å². The van der Waals surface area contributed by atoms with Gasteiger partial charge in [-0.05, 0) is 43.5 Å². The van der Waals surface area contributed by atoms with Crippen LogP contribution in [-0.2, 0) is 0 Å². The van der Waals surface area contributed by atoms with Gasteiger partial charge >= 0.3 is 0 Å². The highest BCUT2D eigenvalue weighted by atomic mass is 32.1. The molecular weight excluding hydrogens is 356 g/mol. The van der Waals surface area contributed by atoms with Crippen molar-refractivity contribution in [1.29, 1.82) is 0 Å². The molecule has 1 unspecified atom stereocenters. The maximum atomic E-state index is 13.0. The van der Waals surface area contributed by atoms with Crippen molar-refractivity contribution in [2.24, 2.45) is 0 Å². The fraction of sp³-hybridized carbons (Fsp3) is 0.312. The maximum Gasteiger partial charge on any atom is 0.291 e. The highest BCUT2D eigenvalue weighted by molar-refractivity contribution is 7.18. The van der Waals surface area contributed by atoms with Crippen LogP contribution in [0.3, 0.4) is 0 Å². The fourth-order valence-electron chi connectivity index (χ4n) is 3.06. The largest absolute Gasteiger partial charge is 0.459 e. The second kappa shape index (κ2) is 6.71. The van der Waals surface area contributed by atoms with Crippen LogP contribution in [0.1, 0.15) is 50.5 Å². The van der Waals surface area contributed by atoms with Crippen molar-refractivity contribution in [3.8, 4) is 0 Å². The Kier molecular flexibility index (Phi) is 4.25. The molecule has 26 heavy (non-hydrogen) atoms. The molecule has 2 N–H and O–H groups in total. The third-order valence-corrected chi connectivity index (χ3v) is 5.41. The van der Waals surface area contributed by atoms with Crippen molar-refractivity contribution in [3.05, 3.63) is 46.5 Å². The smallest absolute Gasteiger partial charge is 0.291 e. The molecule has 1 fully saturated rings. The lowest BCUT2D eigenvalue weighted by atomic mass is 10.2. The topological polar surface area (TPSA) is 117 Å². The van der Waals surface area contributed by atoms with Crippen LogP contribution in [-0.4, -0.2) is 43.9 Å². The van der Waals surface area contributed by atoms with Crippen LogP contribution < -0.4 is 5.32 Å². The number of carbonyl (C=O) groups excluding carboxylic acids is 2. The van der Waals surface area contributed by atoms with Gasteiger partial charge in [0.25, 0.3) is 11.8 Å². The van der Waals surface area contributed by atoms with Crippen molar-refractivity contribution < 1.29 is 14.0 Å². The Balaban J connectivity index is 1.53. The third-order valence-electron chi connectivity index (χ3n) is 4.27. The minimum atomic E-state index is -0.346. The number of hydrogen-bond acceptors (Lipinski definition) is 7. The molecule has 9 nitrogen and oxygen atoms in total. The summed E-state index contributed by atoms with van der Waals surface area (Å²) in [5.41, 5.74) is 0.813. The van der Waals surface area contributed by atoms with E-state index in [1.54, 1.807) is 23.1 Å². The Bertz CT molecular complexity index is 918. The number of nitrogens with one attached hydrogen (secondary N) is 2. The number of hydrogen-bond donors (Lipinski definition) is 2. The first kappa shape index (κ1) is 16.5. The van der Waals surface area contributed by atoms with Crippen LogP contribution in [0.25, 0.3) is 0 Å². The number of aryl methyl sites for hydroxylation is 1. The van der Waals surface area contributed by atoms with Gasteiger partial charge in [-0.2, -0.15) is 5.21 Å². The van der Waals surface area contributed by atoms with Gasteiger partial charge in [0, 0.05) is 6.54 Å². The molecule has 3 aromatic rings. The molecule has 0 aromatic carbocycles. The zero-order valence-electron chi connectivity index (χ0n) is 13.9. The molecule has 0 saturated carbocycles. The summed E-state index contributed by atoms with van der Waals surface area (Å²) < 4.78 is 5.08. The van der Waals surface area contributed by atoms with E-state index < -0.39 is 0 Å². The average molecular weight is 372 g/mol. The number of tetrazole rings is 1. The summed E-state index contributed by atoms with van der Waals surface area (Å²) in [5.74, 6) is 0.316. The summed E-state index contributed by atoms with van der Waals surface area (Å²) in [5, 5.41) is 17.4. The van der Waals surface area contributed by atoms with Crippen LogP contribution in [0.5, 0.6) is 0 Å². The van der Waals surface area contributed by atoms with E-state index in [9.17, 15) is 9.59 Å². The minimum Gasteiger partial charge on any atom is -0.459 e. The van der Waals surface area contributed by atoms with E-state index >= 15 is 0 Å². The third kappa shape index (κ3) is 2.99. The molecule has 1 saturated heterocycles. The number of thiophene rings is 1. The number of aromatic nitrogens is 4. The number of likely N-dealkylation sites (tertiary alicyclic amines) is 1. The molecule has 0 bridgehead atoms. The number of aromatic amines is 1. The lowest BCUT2D eigenvalue weighted by molar-refractivity contribution is 0.0734. The van der Waals surface area contributed by atoms with E-state index in [2.05, 4.69) is 25.9 Å². The second-order valence-electron chi connectivity index (χ2n) is 5.98. The average Bonchev–Trinajstić information content (AvgIpc) is 3.40.